The first-order valence-corrected chi connectivity index (χ1v) is 8.43. The number of aliphatic carboxylic acids is 1. The van der Waals surface area contributed by atoms with E-state index in [-0.39, 0.29) is 12.5 Å². The van der Waals surface area contributed by atoms with E-state index < -0.39 is 5.97 Å². The zero-order chi connectivity index (χ0) is 14.8. The van der Waals surface area contributed by atoms with Crippen molar-refractivity contribution in [1.82, 2.24) is 9.80 Å². The van der Waals surface area contributed by atoms with E-state index in [4.69, 9.17) is 9.84 Å². The van der Waals surface area contributed by atoms with E-state index in [1.807, 2.05) is 0 Å². The quantitative estimate of drug-likeness (QED) is 0.834. The molecule has 0 aliphatic carbocycles. The minimum Gasteiger partial charge on any atom is -0.481 e. The summed E-state index contributed by atoms with van der Waals surface area (Å²) in [5.41, 5.74) is 0. The molecular formula is C16H28N2O3. The van der Waals surface area contributed by atoms with Crippen molar-refractivity contribution >= 4 is 5.97 Å². The average molecular weight is 296 g/mol. The number of carboxylic acid groups (broad SMARTS) is 1. The highest BCUT2D eigenvalue weighted by Gasteiger charge is 2.40. The van der Waals surface area contributed by atoms with Gasteiger partial charge in [-0.25, -0.2) is 0 Å². The molecule has 3 aliphatic rings. The summed E-state index contributed by atoms with van der Waals surface area (Å²) < 4.78 is 5.69. The molecule has 5 nitrogen and oxygen atoms in total. The SMILES string of the molecule is CN1C2CCC1CC(N1CCC(OCCC(=O)O)CC1)C2. The van der Waals surface area contributed by atoms with Gasteiger partial charge in [-0.2, -0.15) is 0 Å². The van der Waals surface area contributed by atoms with Crippen molar-refractivity contribution in [3.63, 3.8) is 0 Å². The molecular weight excluding hydrogens is 268 g/mol. The lowest BCUT2D eigenvalue weighted by Gasteiger charge is -2.44. The van der Waals surface area contributed by atoms with Crippen molar-refractivity contribution in [2.75, 3.05) is 26.7 Å². The molecule has 5 heteroatoms. The lowest BCUT2D eigenvalue weighted by Crippen LogP contribution is -2.51. The van der Waals surface area contributed by atoms with Crippen LogP contribution in [0.2, 0.25) is 0 Å². The molecule has 2 bridgehead atoms. The predicted octanol–water partition coefficient (Wildman–Crippen LogP) is 1.57. The van der Waals surface area contributed by atoms with Gasteiger partial charge in [0.25, 0.3) is 0 Å². The Morgan fingerprint density at radius 1 is 1.10 bits per heavy atom. The number of ether oxygens (including phenoxy) is 1. The van der Waals surface area contributed by atoms with Crippen LogP contribution in [0.15, 0.2) is 0 Å². The largest absolute Gasteiger partial charge is 0.481 e. The smallest absolute Gasteiger partial charge is 0.305 e. The zero-order valence-corrected chi connectivity index (χ0v) is 13.0. The lowest BCUT2D eigenvalue weighted by atomic mass is 9.94. The van der Waals surface area contributed by atoms with Crippen LogP contribution >= 0.6 is 0 Å². The molecule has 120 valence electrons. The van der Waals surface area contributed by atoms with Crippen molar-refractivity contribution in [2.24, 2.45) is 0 Å². The Hall–Kier alpha value is -0.650. The normalized spacial score (nSPS) is 35.2. The number of carboxylic acids is 1. The molecule has 3 saturated heterocycles. The first-order chi connectivity index (χ1) is 10.1. The molecule has 0 aromatic heterocycles. The highest BCUT2D eigenvalue weighted by atomic mass is 16.5. The van der Waals surface area contributed by atoms with Crippen LogP contribution in [-0.4, -0.2) is 71.8 Å². The number of nitrogens with zero attached hydrogens (tertiary/aromatic N) is 2. The van der Waals surface area contributed by atoms with E-state index in [0.29, 0.717) is 6.61 Å². The van der Waals surface area contributed by atoms with E-state index in [0.717, 1.165) is 44.1 Å². The third kappa shape index (κ3) is 3.58. The summed E-state index contributed by atoms with van der Waals surface area (Å²) in [6.45, 7) is 2.59. The molecule has 0 amide bonds. The van der Waals surface area contributed by atoms with Crippen LogP contribution in [0, 0.1) is 0 Å². The molecule has 0 aromatic rings. The van der Waals surface area contributed by atoms with Gasteiger partial charge in [-0.3, -0.25) is 4.79 Å². The molecule has 0 saturated carbocycles. The Bertz CT molecular complexity index is 355. The van der Waals surface area contributed by atoms with Crippen LogP contribution in [-0.2, 0) is 9.53 Å². The van der Waals surface area contributed by atoms with Gasteiger partial charge >= 0.3 is 5.97 Å². The second-order valence-electron chi connectivity index (χ2n) is 6.93. The number of hydrogen-bond donors (Lipinski definition) is 1. The fourth-order valence-corrected chi connectivity index (χ4v) is 4.40. The molecule has 2 unspecified atom stereocenters. The van der Waals surface area contributed by atoms with Crippen LogP contribution in [0.5, 0.6) is 0 Å². The number of hydrogen-bond acceptors (Lipinski definition) is 4. The molecule has 21 heavy (non-hydrogen) atoms. The van der Waals surface area contributed by atoms with Crippen LogP contribution in [0.4, 0.5) is 0 Å². The van der Waals surface area contributed by atoms with Crippen molar-refractivity contribution < 1.29 is 14.6 Å². The molecule has 3 fully saturated rings. The lowest BCUT2D eigenvalue weighted by molar-refractivity contribution is -0.139. The second kappa shape index (κ2) is 6.63. The van der Waals surface area contributed by atoms with Gasteiger partial charge in [0.1, 0.15) is 0 Å². The van der Waals surface area contributed by atoms with Crippen LogP contribution in [0.1, 0.15) is 44.9 Å². The van der Waals surface area contributed by atoms with Gasteiger partial charge in [0.05, 0.1) is 19.1 Å². The molecule has 3 aliphatic heterocycles. The highest BCUT2D eigenvalue weighted by Crippen LogP contribution is 2.37. The summed E-state index contributed by atoms with van der Waals surface area (Å²) in [6, 6.07) is 2.37. The van der Waals surface area contributed by atoms with Crippen LogP contribution < -0.4 is 0 Å². The van der Waals surface area contributed by atoms with Gasteiger partial charge < -0.3 is 19.6 Å². The van der Waals surface area contributed by atoms with Crippen molar-refractivity contribution in [3.8, 4) is 0 Å². The summed E-state index contributed by atoms with van der Waals surface area (Å²) >= 11 is 0. The molecule has 1 N–H and O–H groups in total. The summed E-state index contributed by atoms with van der Waals surface area (Å²) in [6.07, 6.45) is 7.93. The van der Waals surface area contributed by atoms with Gasteiger partial charge in [0.2, 0.25) is 0 Å². The van der Waals surface area contributed by atoms with Gasteiger partial charge in [0.15, 0.2) is 0 Å². The maximum atomic E-state index is 10.5. The first-order valence-electron chi connectivity index (χ1n) is 8.43. The molecule has 2 atom stereocenters. The Kier molecular flexibility index (Phi) is 4.82. The van der Waals surface area contributed by atoms with Crippen LogP contribution in [0.3, 0.4) is 0 Å². The molecule has 0 aromatic carbocycles. The summed E-state index contributed by atoms with van der Waals surface area (Å²) in [7, 11) is 2.29. The fraction of sp³-hybridized carbons (Fsp3) is 0.938. The fourth-order valence-electron chi connectivity index (χ4n) is 4.40. The van der Waals surface area contributed by atoms with Gasteiger partial charge in [-0.05, 0) is 45.6 Å². The monoisotopic (exact) mass is 296 g/mol. The van der Waals surface area contributed by atoms with E-state index >= 15 is 0 Å². The standard InChI is InChI=1S/C16H28N2O3/c1-17-12-2-3-13(17)11-14(10-12)18-7-4-15(5-8-18)21-9-6-16(19)20/h12-15H,2-11H2,1H3,(H,19,20). The minimum absolute atomic E-state index is 0.124. The molecule has 0 spiro atoms. The number of rotatable bonds is 5. The third-order valence-corrected chi connectivity index (χ3v) is 5.74. The average Bonchev–Trinajstić information content (AvgIpc) is 2.69. The van der Waals surface area contributed by atoms with E-state index in [9.17, 15) is 4.79 Å². The first kappa shape index (κ1) is 15.3. The predicted molar refractivity (Wildman–Crippen MR) is 80.4 cm³/mol. The van der Waals surface area contributed by atoms with Crippen LogP contribution in [0.25, 0.3) is 0 Å². The Morgan fingerprint density at radius 2 is 1.71 bits per heavy atom. The Balaban J connectivity index is 1.41. The van der Waals surface area contributed by atoms with Gasteiger partial charge in [-0.15, -0.1) is 0 Å². The van der Waals surface area contributed by atoms with E-state index in [1.54, 1.807) is 0 Å². The molecule has 3 rings (SSSR count). The number of carbonyl (C=O) groups is 1. The van der Waals surface area contributed by atoms with Gasteiger partial charge in [-0.1, -0.05) is 0 Å². The van der Waals surface area contributed by atoms with Gasteiger partial charge in [0, 0.05) is 31.2 Å². The Labute approximate surface area is 127 Å². The van der Waals surface area contributed by atoms with E-state index in [1.165, 1.54) is 25.7 Å². The number of fused-ring (bicyclic) bond motifs is 2. The second-order valence-corrected chi connectivity index (χ2v) is 6.93. The zero-order valence-electron chi connectivity index (χ0n) is 13.0. The summed E-state index contributed by atoms with van der Waals surface area (Å²) in [4.78, 5) is 15.8. The topological polar surface area (TPSA) is 53.0 Å². The Morgan fingerprint density at radius 3 is 2.29 bits per heavy atom. The van der Waals surface area contributed by atoms with E-state index in [2.05, 4.69) is 16.8 Å². The maximum Gasteiger partial charge on any atom is 0.305 e. The molecule has 3 heterocycles. The summed E-state index contributed by atoms with van der Waals surface area (Å²) in [5.74, 6) is -0.769. The maximum absolute atomic E-state index is 10.5. The minimum atomic E-state index is -0.769. The highest BCUT2D eigenvalue weighted by molar-refractivity contribution is 5.66. The van der Waals surface area contributed by atoms with Crippen molar-refractivity contribution in [1.29, 1.82) is 0 Å². The van der Waals surface area contributed by atoms with Crippen molar-refractivity contribution in [2.45, 2.75) is 69.2 Å². The number of likely N-dealkylation sites (tertiary alicyclic amines) is 1. The molecule has 0 radical (unpaired) electrons. The number of piperidine rings is 2. The van der Waals surface area contributed by atoms with Crippen molar-refractivity contribution in [3.05, 3.63) is 0 Å². The summed E-state index contributed by atoms with van der Waals surface area (Å²) in [5, 5.41) is 8.64. The third-order valence-electron chi connectivity index (χ3n) is 5.74.